The van der Waals surface area contributed by atoms with Crippen molar-refractivity contribution in [1.82, 2.24) is 0 Å². The molecule has 0 radical (unpaired) electrons. The molecule has 3 rings (SSSR count). The maximum Gasteiger partial charge on any atom is 0.375 e. The minimum absolute atomic E-state index is 0.0795. The lowest BCUT2D eigenvalue weighted by Gasteiger charge is -2.17. The van der Waals surface area contributed by atoms with Crippen LogP contribution in [-0.2, 0) is 9.53 Å². The van der Waals surface area contributed by atoms with E-state index in [0.29, 0.717) is 11.5 Å². The van der Waals surface area contributed by atoms with Gasteiger partial charge in [0.25, 0.3) is 5.91 Å². The van der Waals surface area contributed by atoms with Crippen LogP contribution in [0.5, 0.6) is 0 Å². The van der Waals surface area contributed by atoms with E-state index in [9.17, 15) is 9.59 Å². The molecule has 1 amide bonds. The molecule has 0 saturated heterocycles. The van der Waals surface area contributed by atoms with Gasteiger partial charge in [0.1, 0.15) is 5.58 Å². The van der Waals surface area contributed by atoms with Gasteiger partial charge in [0.15, 0.2) is 6.10 Å². The van der Waals surface area contributed by atoms with Crippen LogP contribution in [0, 0.1) is 0 Å². The molecule has 0 spiro atoms. The van der Waals surface area contributed by atoms with E-state index >= 15 is 0 Å². The Morgan fingerprint density at radius 3 is 2.52 bits per heavy atom. The van der Waals surface area contributed by atoms with Crippen LogP contribution in [0.1, 0.15) is 49.2 Å². The smallest absolute Gasteiger partial charge is 0.375 e. The van der Waals surface area contributed by atoms with Gasteiger partial charge in [0.05, 0.1) is 0 Å². The number of rotatable bonds is 6. The van der Waals surface area contributed by atoms with Gasteiger partial charge in [0.2, 0.25) is 5.76 Å². The molecule has 3 aromatic rings. The number of nitrogens with one attached hydrogen (secondary N) is 1. The number of amides is 1. The van der Waals surface area contributed by atoms with Gasteiger partial charge in [-0.1, -0.05) is 50.2 Å². The summed E-state index contributed by atoms with van der Waals surface area (Å²) in [5.41, 5.74) is 2.40. The number of ether oxygens (including phenoxy) is 1. The van der Waals surface area contributed by atoms with E-state index in [-0.39, 0.29) is 11.7 Å². The molecule has 0 unspecified atom stereocenters. The summed E-state index contributed by atoms with van der Waals surface area (Å²) >= 11 is 0. The Morgan fingerprint density at radius 2 is 1.78 bits per heavy atom. The standard InChI is InChI=1S/C22H23NO4/c1-4-14(2)17-10-6-7-11-18(17)23-21(24)15(3)26-22(25)20-13-16-9-5-8-12-19(16)27-20/h5-15H,4H2,1-3H3,(H,23,24)/t14-,15+/m1/s1. The molecular formula is C22H23NO4. The molecule has 2 atom stereocenters. The first kappa shape index (κ1) is 18.7. The number of fused-ring (bicyclic) bond motifs is 1. The molecule has 5 nitrogen and oxygen atoms in total. The number of hydrogen-bond donors (Lipinski definition) is 1. The van der Waals surface area contributed by atoms with Crippen LogP contribution in [0.3, 0.4) is 0 Å². The van der Waals surface area contributed by atoms with Gasteiger partial charge in [-0.3, -0.25) is 4.79 Å². The number of esters is 1. The maximum atomic E-state index is 12.5. The second kappa shape index (κ2) is 8.08. The third-order valence-electron chi connectivity index (χ3n) is 4.64. The molecule has 140 valence electrons. The van der Waals surface area contributed by atoms with Crippen LogP contribution in [0.4, 0.5) is 5.69 Å². The van der Waals surface area contributed by atoms with Crippen LogP contribution in [-0.4, -0.2) is 18.0 Å². The Hall–Kier alpha value is -3.08. The summed E-state index contributed by atoms with van der Waals surface area (Å²) in [6.45, 7) is 5.75. The highest BCUT2D eigenvalue weighted by Gasteiger charge is 2.22. The predicted octanol–water partition coefficient (Wildman–Crippen LogP) is 5.13. The van der Waals surface area contributed by atoms with Gasteiger partial charge in [-0.15, -0.1) is 0 Å². The zero-order valence-corrected chi connectivity index (χ0v) is 15.7. The highest BCUT2D eigenvalue weighted by atomic mass is 16.6. The van der Waals surface area contributed by atoms with Crippen molar-refractivity contribution in [1.29, 1.82) is 0 Å². The second-order valence-electron chi connectivity index (χ2n) is 6.58. The highest BCUT2D eigenvalue weighted by molar-refractivity contribution is 5.98. The zero-order valence-electron chi connectivity index (χ0n) is 15.7. The Labute approximate surface area is 158 Å². The molecule has 1 N–H and O–H groups in total. The summed E-state index contributed by atoms with van der Waals surface area (Å²) in [5.74, 6) is -0.648. The van der Waals surface area contributed by atoms with Crippen LogP contribution in [0.25, 0.3) is 11.0 Å². The number of furan rings is 1. The molecule has 2 aromatic carbocycles. The van der Waals surface area contributed by atoms with E-state index in [1.807, 2.05) is 42.5 Å². The second-order valence-corrected chi connectivity index (χ2v) is 6.58. The molecule has 0 aliphatic rings. The van der Waals surface area contributed by atoms with Crippen molar-refractivity contribution < 1.29 is 18.7 Å². The molecule has 0 saturated carbocycles. The summed E-state index contributed by atoms with van der Waals surface area (Å²) in [7, 11) is 0. The molecule has 0 fully saturated rings. The van der Waals surface area contributed by atoms with Crippen molar-refractivity contribution in [3.8, 4) is 0 Å². The SMILES string of the molecule is CC[C@@H](C)c1ccccc1NC(=O)[C@H](C)OC(=O)c1cc2ccccc2o1. The van der Waals surface area contributed by atoms with Crippen molar-refractivity contribution in [3.63, 3.8) is 0 Å². The number of anilines is 1. The van der Waals surface area contributed by atoms with Gasteiger partial charge < -0.3 is 14.5 Å². The Kier molecular flexibility index (Phi) is 5.60. The Balaban J connectivity index is 1.68. The van der Waals surface area contributed by atoms with E-state index in [0.717, 1.165) is 23.1 Å². The van der Waals surface area contributed by atoms with Gasteiger partial charge in [-0.25, -0.2) is 4.79 Å². The predicted molar refractivity (Wildman–Crippen MR) is 105 cm³/mol. The van der Waals surface area contributed by atoms with Crippen molar-refractivity contribution in [3.05, 3.63) is 65.9 Å². The number of carbonyl (C=O) groups excluding carboxylic acids is 2. The molecule has 0 aliphatic heterocycles. The summed E-state index contributed by atoms with van der Waals surface area (Å²) in [6.07, 6.45) is 0.0134. The largest absolute Gasteiger partial charge is 0.449 e. The van der Waals surface area contributed by atoms with Gasteiger partial charge in [-0.05, 0) is 43.0 Å². The minimum atomic E-state index is -0.948. The molecule has 0 aliphatic carbocycles. The topological polar surface area (TPSA) is 68.5 Å². The van der Waals surface area contributed by atoms with Crippen LogP contribution in [0.2, 0.25) is 0 Å². The fraction of sp³-hybridized carbons (Fsp3) is 0.273. The summed E-state index contributed by atoms with van der Waals surface area (Å²) in [5, 5.41) is 3.67. The van der Waals surface area contributed by atoms with Gasteiger partial charge in [0, 0.05) is 11.1 Å². The van der Waals surface area contributed by atoms with Crippen LogP contribution < -0.4 is 5.32 Å². The summed E-state index contributed by atoms with van der Waals surface area (Å²) < 4.78 is 10.8. The first-order valence-electron chi connectivity index (χ1n) is 9.09. The lowest BCUT2D eigenvalue weighted by atomic mass is 9.97. The number of hydrogen-bond acceptors (Lipinski definition) is 4. The zero-order chi connectivity index (χ0) is 19.4. The van der Waals surface area contributed by atoms with E-state index < -0.39 is 12.1 Å². The quantitative estimate of drug-likeness (QED) is 0.615. The van der Waals surface area contributed by atoms with E-state index in [2.05, 4.69) is 19.2 Å². The van der Waals surface area contributed by atoms with Gasteiger partial charge in [-0.2, -0.15) is 0 Å². The molecular weight excluding hydrogens is 342 g/mol. The lowest BCUT2D eigenvalue weighted by molar-refractivity contribution is -0.123. The summed E-state index contributed by atoms with van der Waals surface area (Å²) in [4.78, 5) is 24.8. The van der Waals surface area contributed by atoms with Crippen molar-refractivity contribution in [2.24, 2.45) is 0 Å². The molecule has 0 bridgehead atoms. The first-order valence-corrected chi connectivity index (χ1v) is 9.09. The third-order valence-corrected chi connectivity index (χ3v) is 4.64. The fourth-order valence-electron chi connectivity index (χ4n) is 2.85. The van der Waals surface area contributed by atoms with E-state index in [1.54, 1.807) is 19.1 Å². The number of carbonyl (C=O) groups is 2. The van der Waals surface area contributed by atoms with Gasteiger partial charge >= 0.3 is 5.97 Å². The normalized spacial score (nSPS) is 13.1. The lowest BCUT2D eigenvalue weighted by Crippen LogP contribution is -2.30. The monoisotopic (exact) mass is 365 g/mol. The molecule has 27 heavy (non-hydrogen) atoms. The van der Waals surface area contributed by atoms with Crippen molar-refractivity contribution in [2.45, 2.75) is 39.2 Å². The summed E-state index contributed by atoms with van der Waals surface area (Å²) in [6, 6.07) is 16.6. The molecule has 5 heteroatoms. The molecule has 1 heterocycles. The minimum Gasteiger partial charge on any atom is -0.449 e. The Morgan fingerprint density at radius 1 is 1.07 bits per heavy atom. The molecule has 1 aromatic heterocycles. The number of para-hydroxylation sites is 2. The first-order chi connectivity index (χ1) is 13.0. The average Bonchev–Trinajstić information content (AvgIpc) is 3.12. The van der Waals surface area contributed by atoms with Crippen LogP contribution in [0.15, 0.2) is 59.0 Å². The van der Waals surface area contributed by atoms with E-state index in [1.165, 1.54) is 0 Å². The number of benzene rings is 2. The van der Waals surface area contributed by atoms with Crippen molar-refractivity contribution >= 4 is 28.5 Å². The van der Waals surface area contributed by atoms with E-state index in [4.69, 9.17) is 9.15 Å². The highest BCUT2D eigenvalue weighted by Crippen LogP contribution is 2.27. The Bertz CT molecular complexity index is 927. The van der Waals surface area contributed by atoms with Crippen LogP contribution >= 0.6 is 0 Å². The average molecular weight is 365 g/mol. The third kappa shape index (κ3) is 4.19. The maximum absolute atomic E-state index is 12.5. The van der Waals surface area contributed by atoms with Crippen molar-refractivity contribution in [2.75, 3.05) is 5.32 Å². The fourth-order valence-corrected chi connectivity index (χ4v) is 2.85.